The molecule has 0 atom stereocenters. The van der Waals surface area contributed by atoms with Gasteiger partial charge in [-0.15, -0.1) is 0 Å². The lowest BCUT2D eigenvalue weighted by atomic mass is 10.1. The molecular weight excluding hydrogens is 241 g/mol. The number of hydrogen-bond acceptors (Lipinski definition) is 3. The van der Waals surface area contributed by atoms with Gasteiger partial charge < -0.3 is 4.74 Å². The second-order valence-electron chi connectivity index (χ2n) is 3.14. The summed E-state index contributed by atoms with van der Waals surface area (Å²) in [5.74, 6) is -6.46. The molecule has 0 aliphatic carbocycles. The second-order valence-corrected chi connectivity index (χ2v) is 3.14. The van der Waals surface area contributed by atoms with Crippen molar-refractivity contribution < 1.29 is 22.7 Å². The summed E-state index contributed by atoms with van der Waals surface area (Å²) in [6, 6.07) is 0. The minimum atomic E-state index is -1.85. The molecular formula is C9H5F3N2O3. The Kier molecular flexibility index (Phi) is 2.41. The van der Waals surface area contributed by atoms with Gasteiger partial charge in [-0.1, -0.05) is 0 Å². The third-order valence-corrected chi connectivity index (χ3v) is 2.24. The maximum atomic E-state index is 13.4. The van der Waals surface area contributed by atoms with Crippen LogP contribution in [0.4, 0.5) is 13.2 Å². The van der Waals surface area contributed by atoms with E-state index in [2.05, 4.69) is 4.74 Å². The number of fused-ring (bicyclic) bond motifs is 1. The minimum Gasteiger partial charge on any atom is -0.465 e. The fourth-order valence-electron chi connectivity index (χ4n) is 1.48. The Morgan fingerprint density at radius 2 is 1.76 bits per heavy atom. The molecule has 2 N–H and O–H groups in total. The molecule has 0 unspecified atom stereocenters. The summed E-state index contributed by atoms with van der Waals surface area (Å²) in [6.45, 7) is 0. The van der Waals surface area contributed by atoms with E-state index in [0.717, 1.165) is 7.11 Å². The van der Waals surface area contributed by atoms with Gasteiger partial charge in [0, 0.05) is 0 Å². The second kappa shape index (κ2) is 3.65. The third-order valence-electron chi connectivity index (χ3n) is 2.24. The van der Waals surface area contributed by atoms with E-state index < -0.39 is 45.4 Å². The molecule has 90 valence electrons. The number of halogens is 3. The Bertz CT molecular complexity index is 674. The fraction of sp³-hybridized carbons (Fsp3) is 0.111. The summed E-state index contributed by atoms with van der Waals surface area (Å²) < 4.78 is 44.0. The third kappa shape index (κ3) is 1.41. The number of aromatic amines is 2. The predicted octanol–water partition coefficient (Wildman–Crippen LogP) is 1.06. The highest BCUT2D eigenvalue weighted by Crippen LogP contribution is 2.24. The van der Waals surface area contributed by atoms with E-state index >= 15 is 0 Å². The number of esters is 1. The normalized spacial score (nSPS) is 10.8. The van der Waals surface area contributed by atoms with Crippen LogP contribution in [-0.4, -0.2) is 23.3 Å². The lowest BCUT2D eigenvalue weighted by Gasteiger charge is -2.04. The molecule has 2 rings (SSSR count). The molecule has 0 aliphatic rings. The number of carbonyl (C=O) groups is 1. The first-order chi connectivity index (χ1) is 7.99. The van der Waals surface area contributed by atoms with Gasteiger partial charge in [-0.3, -0.25) is 15.0 Å². The molecule has 17 heavy (non-hydrogen) atoms. The van der Waals surface area contributed by atoms with Crippen LogP contribution in [0.5, 0.6) is 0 Å². The highest BCUT2D eigenvalue weighted by atomic mass is 19.2. The fourth-order valence-corrected chi connectivity index (χ4v) is 1.48. The molecule has 1 heterocycles. The van der Waals surface area contributed by atoms with Gasteiger partial charge in [0.15, 0.2) is 17.5 Å². The Balaban J connectivity index is 3.04. The quantitative estimate of drug-likeness (QED) is 0.583. The van der Waals surface area contributed by atoms with Gasteiger partial charge in [-0.2, -0.15) is 0 Å². The van der Waals surface area contributed by atoms with E-state index in [1.54, 1.807) is 0 Å². The number of carbonyl (C=O) groups excluding carboxylic acids is 1. The highest BCUT2D eigenvalue weighted by molar-refractivity contribution is 6.03. The van der Waals surface area contributed by atoms with Crippen LogP contribution in [0.1, 0.15) is 10.4 Å². The van der Waals surface area contributed by atoms with Crippen LogP contribution >= 0.6 is 0 Å². The molecule has 1 aromatic heterocycles. The summed E-state index contributed by atoms with van der Waals surface area (Å²) in [4.78, 5) is 22.5. The molecule has 0 bridgehead atoms. The van der Waals surface area contributed by atoms with Crippen molar-refractivity contribution in [2.75, 3.05) is 7.11 Å². The van der Waals surface area contributed by atoms with Crippen LogP contribution in [0.15, 0.2) is 4.79 Å². The van der Waals surface area contributed by atoms with Gasteiger partial charge in [0.1, 0.15) is 11.1 Å². The molecule has 0 radical (unpaired) electrons. The van der Waals surface area contributed by atoms with Crippen LogP contribution in [-0.2, 0) is 4.74 Å². The Morgan fingerprint density at radius 3 is 2.35 bits per heavy atom. The number of nitrogens with one attached hydrogen (secondary N) is 2. The van der Waals surface area contributed by atoms with Crippen LogP contribution in [0.3, 0.4) is 0 Å². The highest BCUT2D eigenvalue weighted by Gasteiger charge is 2.27. The first-order valence-electron chi connectivity index (χ1n) is 4.34. The number of methoxy groups -OCH3 is 1. The van der Waals surface area contributed by atoms with Crippen LogP contribution < -0.4 is 5.56 Å². The summed E-state index contributed by atoms with van der Waals surface area (Å²) in [7, 11) is 0.926. The first-order valence-corrected chi connectivity index (χ1v) is 4.34. The van der Waals surface area contributed by atoms with E-state index in [4.69, 9.17) is 0 Å². The van der Waals surface area contributed by atoms with Gasteiger partial charge >= 0.3 is 5.97 Å². The van der Waals surface area contributed by atoms with E-state index in [0.29, 0.717) is 0 Å². The van der Waals surface area contributed by atoms with E-state index in [9.17, 15) is 22.8 Å². The number of rotatable bonds is 1. The molecule has 0 saturated heterocycles. The number of H-pyrrole nitrogens is 2. The number of hydrogen-bond donors (Lipinski definition) is 2. The molecule has 1 aromatic carbocycles. The summed E-state index contributed by atoms with van der Waals surface area (Å²) in [6.07, 6.45) is 0. The van der Waals surface area contributed by atoms with Crippen LogP contribution in [0.2, 0.25) is 0 Å². The number of ether oxygens (including phenoxy) is 1. The van der Waals surface area contributed by atoms with E-state index in [1.807, 2.05) is 10.2 Å². The van der Waals surface area contributed by atoms with Crippen molar-refractivity contribution in [1.29, 1.82) is 0 Å². The van der Waals surface area contributed by atoms with E-state index in [-0.39, 0.29) is 0 Å². The topological polar surface area (TPSA) is 75.0 Å². The molecule has 0 saturated carbocycles. The van der Waals surface area contributed by atoms with Crippen molar-refractivity contribution in [2.24, 2.45) is 0 Å². The molecule has 0 fully saturated rings. The van der Waals surface area contributed by atoms with Crippen molar-refractivity contribution in [3.63, 3.8) is 0 Å². The molecule has 5 nitrogen and oxygen atoms in total. The van der Waals surface area contributed by atoms with Crippen molar-refractivity contribution in [3.05, 3.63) is 33.4 Å². The van der Waals surface area contributed by atoms with Gasteiger partial charge in [0.05, 0.1) is 12.5 Å². The Morgan fingerprint density at radius 1 is 1.12 bits per heavy atom. The molecule has 8 heteroatoms. The average Bonchev–Trinajstić information content (AvgIpc) is 2.69. The predicted molar refractivity (Wildman–Crippen MR) is 50.1 cm³/mol. The van der Waals surface area contributed by atoms with Crippen LogP contribution in [0, 0.1) is 17.5 Å². The Labute approximate surface area is 91.2 Å². The van der Waals surface area contributed by atoms with E-state index in [1.165, 1.54) is 0 Å². The monoisotopic (exact) mass is 246 g/mol. The SMILES string of the molecule is COC(=O)c1c(F)c(F)c(F)c2[nH][nH]c(=O)c12. The zero-order valence-corrected chi connectivity index (χ0v) is 8.36. The first kappa shape index (κ1) is 11.2. The van der Waals surface area contributed by atoms with Gasteiger partial charge in [-0.05, 0) is 0 Å². The lowest BCUT2D eigenvalue weighted by molar-refractivity contribution is 0.0596. The zero-order valence-electron chi connectivity index (χ0n) is 8.36. The summed E-state index contributed by atoms with van der Waals surface area (Å²) in [5, 5.41) is 3.33. The van der Waals surface area contributed by atoms with Crippen LogP contribution in [0.25, 0.3) is 10.9 Å². The van der Waals surface area contributed by atoms with Gasteiger partial charge in [0.2, 0.25) is 0 Å². The molecule has 0 spiro atoms. The largest absolute Gasteiger partial charge is 0.465 e. The van der Waals surface area contributed by atoms with Gasteiger partial charge in [-0.25, -0.2) is 18.0 Å². The maximum absolute atomic E-state index is 13.4. The van der Waals surface area contributed by atoms with Gasteiger partial charge in [0.25, 0.3) is 5.56 Å². The number of benzene rings is 1. The lowest BCUT2D eigenvalue weighted by Crippen LogP contribution is -2.12. The zero-order chi connectivity index (χ0) is 12.7. The van der Waals surface area contributed by atoms with Crippen molar-refractivity contribution in [2.45, 2.75) is 0 Å². The molecule has 0 aliphatic heterocycles. The smallest absolute Gasteiger partial charge is 0.341 e. The maximum Gasteiger partial charge on any atom is 0.341 e. The molecule has 0 amide bonds. The minimum absolute atomic E-state index is 0.616. The van der Waals surface area contributed by atoms with Crippen molar-refractivity contribution in [3.8, 4) is 0 Å². The summed E-state index contributed by atoms with van der Waals surface area (Å²) in [5.41, 5.74) is -2.50. The van der Waals surface area contributed by atoms with Crippen molar-refractivity contribution >= 4 is 16.9 Å². The Hall–Kier alpha value is -2.25. The molecule has 2 aromatic rings. The van der Waals surface area contributed by atoms with Crippen molar-refractivity contribution in [1.82, 2.24) is 10.2 Å². The standard InChI is InChI=1S/C9H5F3N2O3/c1-17-9(16)2-3-7(13-14-8(3)15)6(12)5(11)4(2)10/h1H3,(H2,13,14,15). The summed E-state index contributed by atoms with van der Waals surface area (Å²) >= 11 is 0. The number of aromatic nitrogens is 2. The average molecular weight is 246 g/mol.